The molecule has 1 rings (SSSR count). The summed E-state index contributed by atoms with van der Waals surface area (Å²) in [5.74, 6) is 1.54. The summed E-state index contributed by atoms with van der Waals surface area (Å²) in [6.45, 7) is 10.5. The molecule has 0 aromatic heterocycles. The Hall–Kier alpha value is -1.02. The van der Waals surface area contributed by atoms with E-state index < -0.39 is 0 Å². The van der Waals surface area contributed by atoms with E-state index in [1.54, 1.807) is 0 Å². The van der Waals surface area contributed by atoms with E-state index in [1.165, 1.54) is 18.4 Å². The van der Waals surface area contributed by atoms with E-state index in [-0.39, 0.29) is 0 Å². The lowest BCUT2D eigenvalue weighted by atomic mass is 10.0. The molecule has 0 amide bonds. The maximum absolute atomic E-state index is 5.72. The third kappa shape index (κ3) is 5.09. The minimum Gasteiger partial charge on any atom is -0.492 e. The van der Waals surface area contributed by atoms with Gasteiger partial charge in [-0.2, -0.15) is 0 Å². The van der Waals surface area contributed by atoms with Crippen LogP contribution in [0.25, 0.3) is 0 Å². The van der Waals surface area contributed by atoms with Crippen molar-refractivity contribution in [1.29, 1.82) is 0 Å². The lowest BCUT2D eigenvalue weighted by Gasteiger charge is -2.15. The van der Waals surface area contributed by atoms with Crippen LogP contribution in [-0.2, 0) is 0 Å². The van der Waals surface area contributed by atoms with E-state index in [2.05, 4.69) is 57.3 Å². The molecule has 0 aliphatic heterocycles. The Bertz CT molecular complexity index is 314. The van der Waals surface area contributed by atoms with Crippen LogP contribution in [0.3, 0.4) is 0 Å². The highest BCUT2D eigenvalue weighted by Crippen LogP contribution is 2.18. The van der Waals surface area contributed by atoms with Crippen molar-refractivity contribution < 1.29 is 4.74 Å². The van der Waals surface area contributed by atoms with Gasteiger partial charge in [0.05, 0.1) is 0 Å². The summed E-state index contributed by atoms with van der Waals surface area (Å²) in [7, 11) is 0. The van der Waals surface area contributed by atoms with Crippen LogP contribution >= 0.6 is 0 Å². The Kier molecular flexibility index (Phi) is 6.81. The Morgan fingerprint density at radius 1 is 1.06 bits per heavy atom. The van der Waals surface area contributed by atoms with Crippen LogP contribution in [-0.4, -0.2) is 19.2 Å². The first-order valence-electron chi connectivity index (χ1n) is 7.13. The average Bonchev–Trinajstić information content (AvgIpc) is 2.39. The molecule has 1 N–H and O–H groups in total. The molecule has 2 nitrogen and oxygen atoms in total. The van der Waals surface area contributed by atoms with Crippen molar-refractivity contribution in [3.05, 3.63) is 29.8 Å². The van der Waals surface area contributed by atoms with Gasteiger partial charge in [-0.1, -0.05) is 39.8 Å². The molecule has 0 spiro atoms. The van der Waals surface area contributed by atoms with Crippen LogP contribution in [0.4, 0.5) is 0 Å². The predicted molar refractivity (Wildman–Crippen MR) is 78.4 cm³/mol. The van der Waals surface area contributed by atoms with Crippen molar-refractivity contribution >= 4 is 0 Å². The molecule has 1 aromatic rings. The topological polar surface area (TPSA) is 21.3 Å². The zero-order valence-electron chi connectivity index (χ0n) is 12.2. The van der Waals surface area contributed by atoms with E-state index in [1.807, 2.05) is 0 Å². The molecule has 0 saturated heterocycles. The monoisotopic (exact) mass is 249 g/mol. The van der Waals surface area contributed by atoms with Crippen molar-refractivity contribution in [3.63, 3.8) is 0 Å². The van der Waals surface area contributed by atoms with Gasteiger partial charge >= 0.3 is 0 Å². The van der Waals surface area contributed by atoms with Crippen molar-refractivity contribution in [2.45, 2.75) is 52.5 Å². The third-order valence-corrected chi connectivity index (χ3v) is 3.34. The summed E-state index contributed by atoms with van der Waals surface area (Å²) in [5.41, 5.74) is 1.36. The Labute approximate surface area is 112 Å². The number of rotatable bonds is 8. The molecule has 0 radical (unpaired) electrons. The lowest BCUT2D eigenvalue weighted by Crippen LogP contribution is -2.31. The molecule has 0 saturated carbocycles. The second kappa shape index (κ2) is 8.15. The molecule has 2 heteroatoms. The molecular formula is C16H27NO. The molecule has 18 heavy (non-hydrogen) atoms. The van der Waals surface area contributed by atoms with E-state index in [4.69, 9.17) is 4.74 Å². The fourth-order valence-corrected chi connectivity index (χ4v) is 1.96. The first-order valence-corrected chi connectivity index (χ1v) is 7.13. The number of hydrogen-bond donors (Lipinski definition) is 1. The minimum absolute atomic E-state index is 0.579. The molecule has 0 fully saturated rings. The molecule has 0 aliphatic rings. The molecular weight excluding hydrogens is 222 g/mol. The highest BCUT2D eigenvalue weighted by atomic mass is 16.5. The minimum atomic E-state index is 0.579. The van der Waals surface area contributed by atoms with Gasteiger partial charge in [-0.25, -0.2) is 0 Å². The van der Waals surface area contributed by atoms with E-state index >= 15 is 0 Å². The number of hydrogen-bond acceptors (Lipinski definition) is 2. The molecule has 0 atom stereocenters. The van der Waals surface area contributed by atoms with Gasteiger partial charge in [-0.3, -0.25) is 0 Å². The first kappa shape index (κ1) is 15.0. The van der Waals surface area contributed by atoms with Crippen LogP contribution in [0.15, 0.2) is 24.3 Å². The highest BCUT2D eigenvalue weighted by Gasteiger charge is 2.02. The second-order valence-corrected chi connectivity index (χ2v) is 5.04. The summed E-state index contributed by atoms with van der Waals surface area (Å²) in [4.78, 5) is 0. The van der Waals surface area contributed by atoms with Crippen molar-refractivity contribution in [3.8, 4) is 5.75 Å². The molecule has 0 bridgehead atoms. The Morgan fingerprint density at radius 2 is 1.67 bits per heavy atom. The van der Waals surface area contributed by atoms with Gasteiger partial charge in [0.2, 0.25) is 0 Å². The van der Waals surface area contributed by atoms with Crippen molar-refractivity contribution in [2.75, 3.05) is 13.2 Å². The van der Waals surface area contributed by atoms with Gasteiger partial charge < -0.3 is 10.1 Å². The Morgan fingerprint density at radius 3 is 2.17 bits per heavy atom. The summed E-state index contributed by atoms with van der Waals surface area (Å²) < 4.78 is 5.72. The predicted octanol–water partition coefficient (Wildman–Crippen LogP) is 3.97. The maximum Gasteiger partial charge on any atom is 0.119 e. The fourth-order valence-electron chi connectivity index (χ4n) is 1.96. The smallest absolute Gasteiger partial charge is 0.119 e. The second-order valence-electron chi connectivity index (χ2n) is 5.04. The van der Waals surface area contributed by atoms with Gasteiger partial charge in [-0.05, 0) is 36.5 Å². The summed E-state index contributed by atoms with van der Waals surface area (Å²) >= 11 is 0. The number of nitrogens with one attached hydrogen (secondary N) is 1. The van der Waals surface area contributed by atoms with Gasteiger partial charge in [0.25, 0.3) is 0 Å². The molecule has 1 aromatic carbocycles. The quantitative estimate of drug-likeness (QED) is 0.704. The van der Waals surface area contributed by atoms with Gasteiger partial charge in [0.1, 0.15) is 12.4 Å². The van der Waals surface area contributed by atoms with Gasteiger partial charge in [0, 0.05) is 12.6 Å². The van der Waals surface area contributed by atoms with Crippen LogP contribution in [0, 0.1) is 0 Å². The van der Waals surface area contributed by atoms with Gasteiger partial charge in [-0.15, -0.1) is 0 Å². The van der Waals surface area contributed by atoms with Crippen LogP contribution in [0.1, 0.15) is 52.0 Å². The van der Waals surface area contributed by atoms with Gasteiger partial charge in [0.15, 0.2) is 0 Å². The molecule has 0 unspecified atom stereocenters. The van der Waals surface area contributed by atoms with Crippen LogP contribution < -0.4 is 10.1 Å². The molecule has 0 heterocycles. The maximum atomic E-state index is 5.72. The average molecular weight is 249 g/mol. The lowest BCUT2D eigenvalue weighted by molar-refractivity contribution is 0.302. The highest BCUT2D eigenvalue weighted by molar-refractivity contribution is 5.28. The standard InChI is InChI=1S/C16H27NO/c1-5-15(6-2)17-11-12-18-16-9-7-14(8-10-16)13(3)4/h7-10,13,15,17H,5-6,11-12H2,1-4H3. The van der Waals surface area contributed by atoms with Crippen molar-refractivity contribution in [2.24, 2.45) is 0 Å². The van der Waals surface area contributed by atoms with Crippen LogP contribution in [0.2, 0.25) is 0 Å². The van der Waals surface area contributed by atoms with E-state index in [0.717, 1.165) is 18.9 Å². The number of benzene rings is 1. The SMILES string of the molecule is CCC(CC)NCCOc1ccc(C(C)C)cc1. The molecule has 102 valence electrons. The number of ether oxygens (including phenoxy) is 1. The van der Waals surface area contributed by atoms with Crippen LogP contribution in [0.5, 0.6) is 5.75 Å². The summed E-state index contributed by atoms with van der Waals surface area (Å²) in [6, 6.07) is 9.04. The van der Waals surface area contributed by atoms with E-state index in [9.17, 15) is 0 Å². The normalized spacial score (nSPS) is 11.2. The molecule has 0 aliphatic carbocycles. The zero-order valence-corrected chi connectivity index (χ0v) is 12.2. The first-order chi connectivity index (χ1) is 8.67. The third-order valence-electron chi connectivity index (χ3n) is 3.34. The Balaban J connectivity index is 2.27. The zero-order chi connectivity index (χ0) is 13.4. The largest absolute Gasteiger partial charge is 0.492 e. The summed E-state index contributed by atoms with van der Waals surface area (Å²) in [5, 5.41) is 3.49. The van der Waals surface area contributed by atoms with E-state index in [0.29, 0.717) is 12.0 Å². The fraction of sp³-hybridized carbons (Fsp3) is 0.625. The summed E-state index contributed by atoms with van der Waals surface area (Å²) in [6.07, 6.45) is 2.36. The van der Waals surface area contributed by atoms with Crippen molar-refractivity contribution in [1.82, 2.24) is 5.32 Å².